The summed E-state index contributed by atoms with van der Waals surface area (Å²) >= 11 is 1.36. The predicted octanol–water partition coefficient (Wildman–Crippen LogP) is 1.26. The first-order valence-corrected chi connectivity index (χ1v) is 5.51. The zero-order chi connectivity index (χ0) is 11.1. The van der Waals surface area contributed by atoms with E-state index in [-0.39, 0.29) is 11.4 Å². The summed E-state index contributed by atoms with van der Waals surface area (Å²) in [6.45, 7) is 0. The van der Waals surface area contributed by atoms with Gasteiger partial charge in [0, 0.05) is 12.2 Å². The Morgan fingerprint density at radius 1 is 1.60 bits per heavy atom. The fourth-order valence-electron chi connectivity index (χ4n) is 0.966. The largest absolute Gasteiger partial charge is 0.493 e. The van der Waals surface area contributed by atoms with Crippen molar-refractivity contribution in [3.8, 4) is 11.9 Å². The van der Waals surface area contributed by atoms with Crippen molar-refractivity contribution < 1.29 is 5.11 Å². The van der Waals surface area contributed by atoms with Crippen molar-refractivity contribution in [3.63, 3.8) is 0 Å². The summed E-state index contributed by atoms with van der Waals surface area (Å²) in [6, 6.07) is 3.09. The summed E-state index contributed by atoms with van der Waals surface area (Å²) in [7, 11) is 0. The SMILES string of the molecule is N#CCCCCSc1nc(O)cc(=O)[nH]1. The van der Waals surface area contributed by atoms with Crippen LogP contribution in [0.3, 0.4) is 0 Å². The average Bonchev–Trinajstić information content (AvgIpc) is 2.16. The number of hydrogen-bond donors (Lipinski definition) is 2. The van der Waals surface area contributed by atoms with E-state index in [1.807, 2.05) is 0 Å². The van der Waals surface area contributed by atoms with E-state index in [2.05, 4.69) is 16.0 Å². The molecule has 2 N–H and O–H groups in total. The molecule has 15 heavy (non-hydrogen) atoms. The highest BCUT2D eigenvalue weighted by atomic mass is 32.2. The zero-order valence-electron chi connectivity index (χ0n) is 8.06. The van der Waals surface area contributed by atoms with Crippen LogP contribution in [0.25, 0.3) is 0 Å². The molecule has 0 spiro atoms. The molecule has 0 saturated carbocycles. The standard InChI is InChI=1S/C9H11N3O2S/c10-4-2-1-3-5-15-9-11-7(13)6-8(14)12-9/h6H,1-3,5H2,(H2,11,12,13,14). The molecule has 0 aliphatic carbocycles. The van der Waals surface area contributed by atoms with Crippen molar-refractivity contribution in [2.24, 2.45) is 0 Å². The molecule has 0 fully saturated rings. The molecule has 6 heteroatoms. The third kappa shape index (κ3) is 4.51. The van der Waals surface area contributed by atoms with Crippen LogP contribution in [-0.2, 0) is 0 Å². The Morgan fingerprint density at radius 2 is 2.40 bits per heavy atom. The van der Waals surface area contributed by atoms with Crippen LogP contribution in [0, 0.1) is 11.3 Å². The lowest BCUT2D eigenvalue weighted by molar-refractivity contribution is 0.444. The summed E-state index contributed by atoms with van der Waals surface area (Å²) in [5.74, 6) is 0.506. The summed E-state index contributed by atoms with van der Waals surface area (Å²) in [4.78, 5) is 17.2. The van der Waals surface area contributed by atoms with Crippen molar-refractivity contribution in [1.29, 1.82) is 5.26 Å². The first-order valence-electron chi connectivity index (χ1n) is 4.52. The van der Waals surface area contributed by atoms with Gasteiger partial charge in [-0.25, -0.2) is 0 Å². The Hall–Kier alpha value is -1.48. The molecule has 0 aliphatic heterocycles. The maximum atomic E-state index is 10.9. The number of H-pyrrole nitrogens is 1. The van der Waals surface area contributed by atoms with E-state index in [9.17, 15) is 4.79 Å². The molecule has 1 rings (SSSR count). The Morgan fingerprint density at radius 3 is 3.07 bits per heavy atom. The van der Waals surface area contributed by atoms with Crippen LogP contribution in [0.4, 0.5) is 0 Å². The van der Waals surface area contributed by atoms with Gasteiger partial charge < -0.3 is 10.1 Å². The van der Waals surface area contributed by atoms with Crippen molar-refractivity contribution in [2.45, 2.75) is 24.4 Å². The van der Waals surface area contributed by atoms with Gasteiger partial charge in [-0.2, -0.15) is 10.2 Å². The molecule has 0 aliphatic rings. The third-order valence-corrected chi connectivity index (χ3v) is 2.59. The number of unbranched alkanes of at least 4 members (excludes halogenated alkanes) is 2. The second-order valence-electron chi connectivity index (χ2n) is 2.87. The molecule has 0 bridgehead atoms. The number of aromatic nitrogens is 2. The van der Waals surface area contributed by atoms with Crippen LogP contribution in [0.15, 0.2) is 16.0 Å². The maximum Gasteiger partial charge on any atom is 0.255 e. The van der Waals surface area contributed by atoms with E-state index in [4.69, 9.17) is 10.4 Å². The van der Waals surface area contributed by atoms with E-state index >= 15 is 0 Å². The first-order chi connectivity index (χ1) is 7.22. The third-order valence-electron chi connectivity index (χ3n) is 1.63. The van der Waals surface area contributed by atoms with Gasteiger partial charge in [0.15, 0.2) is 5.16 Å². The monoisotopic (exact) mass is 225 g/mol. The van der Waals surface area contributed by atoms with E-state index < -0.39 is 0 Å². The highest BCUT2D eigenvalue weighted by Gasteiger charge is 2.00. The maximum absolute atomic E-state index is 10.9. The van der Waals surface area contributed by atoms with Crippen molar-refractivity contribution in [1.82, 2.24) is 9.97 Å². The van der Waals surface area contributed by atoms with Gasteiger partial charge in [-0.3, -0.25) is 4.79 Å². The van der Waals surface area contributed by atoms with Gasteiger partial charge >= 0.3 is 0 Å². The van der Waals surface area contributed by atoms with Crippen LogP contribution in [0.2, 0.25) is 0 Å². The van der Waals surface area contributed by atoms with Gasteiger partial charge in [-0.1, -0.05) is 11.8 Å². The minimum atomic E-state index is -0.359. The lowest BCUT2D eigenvalue weighted by Gasteiger charge is -1.99. The second-order valence-corrected chi connectivity index (χ2v) is 3.96. The highest BCUT2D eigenvalue weighted by molar-refractivity contribution is 7.99. The van der Waals surface area contributed by atoms with Gasteiger partial charge in [-0.05, 0) is 12.8 Å². The quantitative estimate of drug-likeness (QED) is 0.447. The zero-order valence-corrected chi connectivity index (χ0v) is 8.88. The van der Waals surface area contributed by atoms with Gasteiger partial charge in [-0.15, -0.1) is 0 Å². The summed E-state index contributed by atoms with van der Waals surface area (Å²) in [5, 5.41) is 17.8. The molecule has 1 heterocycles. The normalized spacial score (nSPS) is 9.80. The molecule has 80 valence electrons. The van der Waals surface area contributed by atoms with Gasteiger partial charge in [0.05, 0.1) is 12.1 Å². The topological polar surface area (TPSA) is 89.8 Å². The number of nitrogens with one attached hydrogen (secondary N) is 1. The van der Waals surface area contributed by atoms with Crippen molar-refractivity contribution in [3.05, 3.63) is 16.4 Å². The number of aromatic hydroxyl groups is 1. The minimum Gasteiger partial charge on any atom is -0.493 e. The Labute approximate surface area is 91.2 Å². The number of thioether (sulfide) groups is 1. The molecule has 0 radical (unpaired) electrons. The summed E-state index contributed by atoms with van der Waals surface area (Å²) in [6.07, 6.45) is 2.27. The van der Waals surface area contributed by atoms with Crippen LogP contribution in [-0.4, -0.2) is 20.8 Å². The molecule has 0 unspecified atom stereocenters. The number of aromatic amines is 1. The molecule has 0 amide bonds. The fourth-order valence-corrected chi connectivity index (χ4v) is 1.84. The summed E-state index contributed by atoms with van der Waals surface area (Å²) < 4.78 is 0. The minimum absolute atomic E-state index is 0.265. The van der Waals surface area contributed by atoms with Crippen LogP contribution >= 0.6 is 11.8 Å². The lowest BCUT2D eigenvalue weighted by atomic mass is 10.3. The molecule has 0 saturated heterocycles. The molecule has 0 aromatic carbocycles. The van der Waals surface area contributed by atoms with Gasteiger partial charge in [0.25, 0.3) is 5.56 Å². The molecular weight excluding hydrogens is 214 g/mol. The second kappa shape index (κ2) is 6.09. The van der Waals surface area contributed by atoms with Gasteiger partial charge in [0.1, 0.15) is 0 Å². The van der Waals surface area contributed by atoms with Crippen LogP contribution in [0.5, 0.6) is 5.88 Å². The molecule has 1 aromatic heterocycles. The number of nitriles is 1. The van der Waals surface area contributed by atoms with Crippen molar-refractivity contribution in [2.75, 3.05) is 5.75 Å². The predicted molar refractivity (Wildman–Crippen MR) is 56.7 cm³/mol. The molecule has 1 aromatic rings. The van der Waals surface area contributed by atoms with Crippen LogP contribution in [0.1, 0.15) is 19.3 Å². The van der Waals surface area contributed by atoms with Crippen molar-refractivity contribution >= 4 is 11.8 Å². The van der Waals surface area contributed by atoms with E-state index in [1.165, 1.54) is 11.8 Å². The summed E-state index contributed by atoms with van der Waals surface area (Å²) in [5.41, 5.74) is -0.359. The molecular formula is C9H11N3O2S. The number of hydrogen-bond acceptors (Lipinski definition) is 5. The highest BCUT2D eigenvalue weighted by Crippen LogP contribution is 2.15. The first kappa shape index (κ1) is 11.6. The molecule has 5 nitrogen and oxygen atoms in total. The van der Waals surface area contributed by atoms with E-state index in [0.717, 1.165) is 24.7 Å². The van der Waals surface area contributed by atoms with Gasteiger partial charge in [0.2, 0.25) is 5.88 Å². The Balaban J connectivity index is 2.38. The Bertz CT molecular complexity index is 411. The van der Waals surface area contributed by atoms with E-state index in [1.54, 1.807) is 0 Å². The Kier molecular flexibility index (Phi) is 4.71. The number of rotatable bonds is 5. The lowest BCUT2D eigenvalue weighted by Crippen LogP contribution is -2.06. The smallest absolute Gasteiger partial charge is 0.255 e. The van der Waals surface area contributed by atoms with Crippen LogP contribution < -0.4 is 5.56 Å². The fraction of sp³-hybridized carbons (Fsp3) is 0.444. The average molecular weight is 225 g/mol. The number of nitrogens with zero attached hydrogens (tertiary/aromatic N) is 2. The molecule has 0 atom stereocenters. The van der Waals surface area contributed by atoms with E-state index in [0.29, 0.717) is 11.6 Å².